The summed E-state index contributed by atoms with van der Waals surface area (Å²) in [5, 5.41) is 21.3. The van der Waals surface area contributed by atoms with E-state index in [4.69, 9.17) is 0 Å². The van der Waals surface area contributed by atoms with E-state index >= 15 is 0 Å². The van der Waals surface area contributed by atoms with Gasteiger partial charge in [0.25, 0.3) is 0 Å². The Balaban J connectivity index is 2.48. The van der Waals surface area contributed by atoms with Crippen LogP contribution in [0.3, 0.4) is 0 Å². The van der Waals surface area contributed by atoms with Crippen molar-refractivity contribution in [3.05, 3.63) is 69.2 Å². The van der Waals surface area contributed by atoms with Crippen LogP contribution >= 0.6 is 15.9 Å². The number of fused-ring (bicyclic) bond motifs is 1. The van der Waals surface area contributed by atoms with Crippen LogP contribution in [-0.4, -0.2) is 0 Å². The van der Waals surface area contributed by atoms with Crippen molar-refractivity contribution in [2.24, 2.45) is 0 Å². The van der Waals surface area contributed by atoms with Gasteiger partial charge in [-0.1, -0.05) is 24.3 Å². The zero-order valence-corrected chi connectivity index (χ0v) is 14.4. The quantitative estimate of drug-likeness (QED) is 0.564. The lowest BCUT2D eigenvalue weighted by Gasteiger charge is -2.13. The predicted octanol–water partition coefficient (Wildman–Crippen LogP) is 5.63. The standard InChI is InChI=1S/C20H13BrN2/c1-12-7-16(19(11-23)20(21)8-12)17-9-13(2)14-5-3-4-6-15(14)18(17)10-22/h3-9H,1-2H3. The molecule has 0 atom stereocenters. The molecule has 3 aromatic carbocycles. The van der Waals surface area contributed by atoms with Crippen molar-refractivity contribution >= 4 is 26.7 Å². The number of hydrogen-bond donors (Lipinski definition) is 0. The van der Waals surface area contributed by atoms with E-state index in [2.05, 4.69) is 28.1 Å². The third-order valence-corrected chi connectivity index (χ3v) is 4.63. The smallest absolute Gasteiger partial charge is 0.101 e. The molecule has 3 rings (SSSR count). The molecule has 110 valence electrons. The summed E-state index contributed by atoms with van der Waals surface area (Å²) >= 11 is 3.46. The van der Waals surface area contributed by atoms with Gasteiger partial charge in [0.1, 0.15) is 12.1 Å². The van der Waals surface area contributed by atoms with E-state index in [-0.39, 0.29) is 0 Å². The Morgan fingerprint density at radius 2 is 1.43 bits per heavy atom. The molecular formula is C20H13BrN2. The molecule has 3 aromatic rings. The van der Waals surface area contributed by atoms with E-state index in [9.17, 15) is 10.5 Å². The molecule has 3 heteroatoms. The third-order valence-electron chi connectivity index (χ3n) is 4.00. The van der Waals surface area contributed by atoms with Gasteiger partial charge in [0.05, 0.1) is 11.1 Å². The number of aryl methyl sites for hydroxylation is 2. The van der Waals surface area contributed by atoms with Crippen LogP contribution in [0.1, 0.15) is 22.3 Å². The van der Waals surface area contributed by atoms with Gasteiger partial charge in [-0.25, -0.2) is 0 Å². The summed E-state index contributed by atoms with van der Waals surface area (Å²) in [7, 11) is 0. The van der Waals surface area contributed by atoms with Crippen molar-refractivity contribution in [3.8, 4) is 23.3 Å². The minimum atomic E-state index is 0.557. The number of benzene rings is 3. The SMILES string of the molecule is Cc1cc(Br)c(C#N)c(-c2cc(C)c3ccccc3c2C#N)c1. The van der Waals surface area contributed by atoms with Gasteiger partial charge in [-0.05, 0) is 64.5 Å². The number of nitriles is 2. The van der Waals surface area contributed by atoms with Gasteiger partial charge >= 0.3 is 0 Å². The zero-order valence-electron chi connectivity index (χ0n) is 12.8. The molecule has 0 aliphatic rings. The summed E-state index contributed by atoms with van der Waals surface area (Å²) in [4.78, 5) is 0. The van der Waals surface area contributed by atoms with E-state index in [0.717, 1.165) is 37.5 Å². The van der Waals surface area contributed by atoms with Gasteiger partial charge in [0.2, 0.25) is 0 Å². The second-order valence-electron chi connectivity index (χ2n) is 5.55. The lowest BCUT2D eigenvalue weighted by Crippen LogP contribution is -1.94. The summed E-state index contributed by atoms with van der Waals surface area (Å²) in [6, 6.07) is 18.4. The van der Waals surface area contributed by atoms with Crippen molar-refractivity contribution in [2.75, 3.05) is 0 Å². The Morgan fingerprint density at radius 1 is 0.826 bits per heavy atom. The molecule has 0 aromatic heterocycles. The molecule has 0 unspecified atom stereocenters. The van der Waals surface area contributed by atoms with Gasteiger partial charge < -0.3 is 0 Å². The number of rotatable bonds is 1. The van der Waals surface area contributed by atoms with Crippen molar-refractivity contribution in [2.45, 2.75) is 13.8 Å². The molecule has 0 amide bonds. The van der Waals surface area contributed by atoms with E-state index in [0.29, 0.717) is 11.1 Å². The molecule has 0 heterocycles. The normalized spacial score (nSPS) is 10.3. The highest BCUT2D eigenvalue weighted by atomic mass is 79.9. The van der Waals surface area contributed by atoms with Crippen molar-refractivity contribution in [1.82, 2.24) is 0 Å². The van der Waals surface area contributed by atoms with Gasteiger partial charge in [-0.2, -0.15) is 10.5 Å². The van der Waals surface area contributed by atoms with E-state index in [1.54, 1.807) is 0 Å². The highest BCUT2D eigenvalue weighted by molar-refractivity contribution is 9.10. The maximum absolute atomic E-state index is 9.73. The second-order valence-corrected chi connectivity index (χ2v) is 6.41. The van der Waals surface area contributed by atoms with Gasteiger partial charge in [0.15, 0.2) is 0 Å². The minimum Gasteiger partial charge on any atom is -0.192 e. The van der Waals surface area contributed by atoms with Crippen LogP contribution in [0.4, 0.5) is 0 Å². The molecule has 0 aliphatic carbocycles. The molecule has 0 saturated carbocycles. The summed E-state index contributed by atoms with van der Waals surface area (Å²) in [5.74, 6) is 0. The molecule has 23 heavy (non-hydrogen) atoms. The summed E-state index contributed by atoms with van der Waals surface area (Å²) in [5.41, 5.74) is 4.91. The van der Waals surface area contributed by atoms with Crippen molar-refractivity contribution in [3.63, 3.8) is 0 Å². The fourth-order valence-corrected chi connectivity index (χ4v) is 3.62. The zero-order chi connectivity index (χ0) is 16.6. The summed E-state index contributed by atoms with van der Waals surface area (Å²) in [6.45, 7) is 4.01. The Morgan fingerprint density at radius 3 is 2.09 bits per heavy atom. The average Bonchev–Trinajstić information content (AvgIpc) is 2.54. The second kappa shape index (κ2) is 5.88. The highest BCUT2D eigenvalue weighted by Gasteiger charge is 2.16. The van der Waals surface area contributed by atoms with Crippen LogP contribution in [0.2, 0.25) is 0 Å². The fraction of sp³-hybridized carbons (Fsp3) is 0.100. The maximum Gasteiger partial charge on any atom is 0.101 e. The van der Waals surface area contributed by atoms with Gasteiger partial charge in [0, 0.05) is 21.0 Å². The lowest BCUT2D eigenvalue weighted by molar-refractivity contribution is 1.39. The Labute approximate surface area is 143 Å². The summed E-state index contributed by atoms with van der Waals surface area (Å²) in [6.07, 6.45) is 0. The molecule has 0 aliphatic heterocycles. The van der Waals surface area contributed by atoms with Crippen LogP contribution in [0.5, 0.6) is 0 Å². The first-order valence-corrected chi connectivity index (χ1v) is 7.99. The maximum atomic E-state index is 9.73. The van der Waals surface area contributed by atoms with Gasteiger partial charge in [-0.3, -0.25) is 0 Å². The topological polar surface area (TPSA) is 47.6 Å². The minimum absolute atomic E-state index is 0.557. The van der Waals surface area contributed by atoms with Crippen LogP contribution in [0, 0.1) is 36.5 Å². The molecule has 0 spiro atoms. The number of halogens is 1. The van der Waals surface area contributed by atoms with Gasteiger partial charge in [-0.15, -0.1) is 0 Å². The van der Waals surface area contributed by atoms with Crippen LogP contribution < -0.4 is 0 Å². The van der Waals surface area contributed by atoms with Crippen LogP contribution in [0.25, 0.3) is 21.9 Å². The number of nitrogens with zero attached hydrogens (tertiary/aromatic N) is 2. The molecule has 0 bridgehead atoms. The largest absolute Gasteiger partial charge is 0.192 e. The fourth-order valence-electron chi connectivity index (χ4n) is 2.96. The average molecular weight is 361 g/mol. The van der Waals surface area contributed by atoms with E-state index in [1.807, 2.05) is 56.3 Å². The molecule has 2 nitrogen and oxygen atoms in total. The highest BCUT2D eigenvalue weighted by Crippen LogP contribution is 2.36. The predicted molar refractivity (Wildman–Crippen MR) is 96.0 cm³/mol. The molecule has 0 radical (unpaired) electrons. The molecule has 0 saturated heterocycles. The molecular weight excluding hydrogens is 348 g/mol. The first kappa shape index (κ1) is 15.3. The Bertz CT molecular complexity index is 1020. The van der Waals surface area contributed by atoms with Crippen LogP contribution in [0.15, 0.2) is 46.9 Å². The van der Waals surface area contributed by atoms with E-state index < -0.39 is 0 Å². The van der Waals surface area contributed by atoms with Crippen molar-refractivity contribution in [1.29, 1.82) is 10.5 Å². The molecule has 0 fully saturated rings. The van der Waals surface area contributed by atoms with Crippen molar-refractivity contribution < 1.29 is 0 Å². The third kappa shape index (κ3) is 2.50. The Hall–Kier alpha value is -2.62. The van der Waals surface area contributed by atoms with E-state index in [1.165, 1.54) is 0 Å². The van der Waals surface area contributed by atoms with Crippen LogP contribution in [-0.2, 0) is 0 Å². The number of hydrogen-bond acceptors (Lipinski definition) is 2. The Kier molecular flexibility index (Phi) is 3.90. The first-order valence-electron chi connectivity index (χ1n) is 7.20. The first-order chi connectivity index (χ1) is 11.1. The lowest BCUT2D eigenvalue weighted by atomic mass is 9.89. The molecule has 0 N–H and O–H groups in total. The monoisotopic (exact) mass is 360 g/mol. The summed E-state index contributed by atoms with van der Waals surface area (Å²) < 4.78 is 0.754.